The van der Waals surface area contributed by atoms with Crippen LogP contribution in [0.4, 0.5) is 0 Å². The van der Waals surface area contributed by atoms with Gasteiger partial charge >= 0.3 is 0 Å². The number of aliphatic hydroxyl groups excluding tert-OH is 1. The van der Waals surface area contributed by atoms with E-state index in [0.717, 1.165) is 51.5 Å². The molecule has 0 aromatic rings. The second-order valence-electron chi connectivity index (χ2n) is 30.8. The van der Waals surface area contributed by atoms with Gasteiger partial charge in [0.2, 0.25) is 0 Å². The van der Waals surface area contributed by atoms with E-state index in [1.807, 2.05) is 11.1 Å². The average Bonchev–Trinajstić information content (AvgIpc) is 3.20. The van der Waals surface area contributed by atoms with Crippen molar-refractivity contribution in [2.75, 3.05) is 13.3 Å². The smallest absolute Gasteiger partial charge is 0.138 e. The third-order valence-corrected chi connectivity index (χ3v) is 25.8. The van der Waals surface area contributed by atoms with Crippen molar-refractivity contribution >= 4 is 14.4 Å². The number of fused-ring (bicyclic) bond motifs is 14. The van der Waals surface area contributed by atoms with Crippen LogP contribution in [0.5, 0.6) is 0 Å². The molecule has 0 aromatic heterocycles. The highest BCUT2D eigenvalue weighted by Crippen LogP contribution is 2.77. The Labute approximate surface area is 404 Å². The van der Waals surface area contributed by atoms with Crippen LogP contribution < -0.4 is 0 Å². The first-order valence-electron chi connectivity index (χ1n) is 28.0. The number of rotatable bonds is 0. The van der Waals surface area contributed by atoms with E-state index < -0.39 is 0 Å². The number of carbonyl (C=O) groups is 1. The Morgan fingerprint density at radius 1 is 0.492 bits per heavy atom. The van der Waals surface area contributed by atoms with Crippen LogP contribution in [0.3, 0.4) is 0 Å². The molecule has 0 spiro atoms. The maximum atomic E-state index is 12.9. The molecule has 370 valence electrons. The zero-order valence-corrected chi connectivity index (χ0v) is 47.2. The fraction of sp³-hybridized carbons (Fsp3) is 0.919. The minimum absolute atomic E-state index is 0.0533. The lowest BCUT2D eigenvalue weighted by atomic mass is 9.33. The molecule has 3 heteroatoms. The molecule has 1 N–H and O–H groups in total. The Morgan fingerprint density at radius 2 is 0.892 bits per heavy atom. The Bertz CT molecular complexity index is 1920. The van der Waals surface area contributed by atoms with Crippen molar-refractivity contribution in [1.82, 2.24) is 0 Å². The van der Waals surface area contributed by atoms with Crippen molar-refractivity contribution < 1.29 is 9.90 Å². The molecule has 10 aliphatic carbocycles. The highest BCUT2D eigenvalue weighted by atomic mass is 31.1. The predicted octanol–water partition coefficient (Wildman–Crippen LogP) is 17.5. The third kappa shape index (κ3) is 7.30. The molecule has 0 aliphatic heterocycles. The van der Waals surface area contributed by atoms with E-state index in [4.69, 9.17) is 0 Å². The molecule has 10 rings (SSSR count). The van der Waals surface area contributed by atoms with E-state index in [9.17, 15) is 9.90 Å². The first kappa shape index (κ1) is 50.9. The number of allylic oxidation sites excluding steroid dienone is 4. The Kier molecular flexibility index (Phi) is 12.6. The molecular weight excluding hydrogens is 808 g/mol. The molecule has 0 bridgehead atoms. The second kappa shape index (κ2) is 16.0. The van der Waals surface area contributed by atoms with Crippen LogP contribution in [-0.4, -0.2) is 30.3 Å². The van der Waals surface area contributed by atoms with Gasteiger partial charge in [-0.15, -0.1) is 8.58 Å². The minimum atomic E-state index is -0.141. The van der Waals surface area contributed by atoms with Gasteiger partial charge in [-0.25, -0.2) is 0 Å². The summed E-state index contributed by atoms with van der Waals surface area (Å²) < 4.78 is 0. The molecule has 0 amide bonds. The zero-order chi connectivity index (χ0) is 48.0. The molecule has 0 saturated heterocycles. The summed E-state index contributed by atoms with van der Waals surface area (Å²) in [5, 5.41) is 10.9. The Balaban J connectivity index is 0.000000167. The summed E-state index contributed by atoms with van der Waals surface area (Å²) in [7, 11) is 1.08. The van der Waals surface area contributed by atoms with E-state index in [1.165, 1.54) is 109 Å². The van der Waals surface area contributed by atoms with Gasteiger partial charge in [0.1, 0.15) is 5.78 Å². The summed E-state index contributed by atoms with van der Waals surface area (Å²) in [4.78, 5) is 12.9. The van der Waals surface area contributed by atoms with Crippen molar-refractivity contribution in [3.63, 3.8) is 0 Å². The minimum Gasteiger partial charge on any atom is -0.393 e. The van der Waals surface area contributed by atoms with E-state index in [2.05, 4.69) is 136 Å². The van der Waals surface area contributed by atoms with Crippen LogP contribution >= 0.6 is 8.58 Å². The standard InChI is InChI=1S/C30H50O.C30H48O.C2H7P/c2*1-25(2)15-16-27(5)17-18-29(7)20(21(27)19-25)9-10-23-28(6)13-12-24(31)26(3,4)22(28)11-14-30(23,29)8;1-3-2/h9,21-24,31H,10-19H2,1-8H3;9,21-23H,10-19H2,1-8H3;3H,1-2H3/t21-,22?,23?,24-,27+,28-,29-,30+;21-,22?,23?,27+,28-,29-,30+;/m00./s1. The molecule has 0 radical (unpaired) electrons. The molecular formula is C62H105O2P. The number of aliphatic hydroxyl groups is 1. The molecule has 65 heavy (non-hydrogen) atoms. The van der Waals surface area contributed by atoms with Crippen molar-refractivity contribution in [3.8, 4) is 0 Å². The summed E-state index contributed by atoms with van der Waals surface area (Å²) in [6.07, 6.45) is 31.4. The highest BCUT2D eigenvalue weighted by molar-refractivity contribution is 7.35. The SMILES string of the molecule is CC1(C)CC[C@]2(C)CC[C@@]3(C)C(=CCC4[C@@]5(C)CCC(=O)C(C)(C)C5CC[C@]43C)[C@@H]2C1.CC1(C)CC[C@]2(C)CC[C@@]3(C)C(=CCC4[C@@]5(C)CC[C@H](O)C(C)(C)C5CC[C@]43C)[C@@H]2C1.CPC. The maximum Gasteiger partial charge on any atom is 0.138 e. The maximum absolute atomic E-state index is 12.9. The predicted molar refractivity (Wildman–Crippen MR) is 281 cm³/mol. The second-order valence-corrected chi connectivity index (χ2v) is 31.8. The van der Waals surface area contributed by atoms with E-state index in [-0.39, 0.29) is 16.9 Å². The average molecular weight is 913 g/mol. The molecule has 0 heterocycles. The van der Waals surface area contributed by atoms with Crippen LogP contribution in [0.15, 0.2) is 23.3 Å². The van der Waals surface area contributed by atoms with E-state index >= 15 is 0 Å². The van der Waals surface area contributed by atoms with Gasteiger partial charge in [0.05, 0.1) is 6.10 Å². The molecule has 0 aromatic carbocycles. The lowest BCUT2D eigenvalue weighted by molar-refractivity contribution is -0.202. The third-order valence-electron chi connectivity index (χ3n) is 25.8. The number of ketones is 1. The van der Waals surface area contributed by atoms with Crippen LogP contribution in [0.25, 0.3) is 0 Å². The van der Waals surface area contributed by atoms with Gasteiger partial charge in [-0.1, -0.05) is 134 Å². The van der Waals surface area contributed by atoms with Gasteiger partial charge in [0.15, 0.2) is 0 Å². The number of carbonyl (C=O) groups excluding carboxylic acids is 1. The first-order valence-corrected chi connectivity index (χ1v) is 30.0. The van der Waals surface area contributed by atoms with Crippen LogP contribution in [-0.2, 0) is 4.79 Å². The highest BCUT2D eigenvalue weighted by Gasteiger charge is 2.70. The van der Waals surface area contributed by atoms with Crippen molar-refractivity contribution in [1.29, 1.82) is 0 Å². The molecule has 4 unspecified atom stereocenters. The zero-order valence-electron chi connectivity index (χ0n) is 46.2. The van der Waals surface area contributed by atoms with Crippen molar-refractivity contribution in [3.05, 3.63) is 23.3 Å². The monoisotopic (exact) mass is 913 g/mol. The van der Waals surface area contributed by atoms with Crippen LogP contribution in [0.2, 0.25) is 0 Å². The number of Topliss-reactive ketones (excluding diaryl/α,β-unsaturated/α-hetero) is 1. The fourth-order valence-corrected chi connectivity index (χ4v) is 20.8. The van der Waals surface area contributed by atoms with Gasteiger partial charge in [-0.05, 0) is 230 Å². The molecule has 15 atom stereocenters. The Morgan fingerprint density at radius 3 is 1.34 bits per heavy atom. The summed E-state index contributed by atoms with van der Waals surface area (Å²) in [5.74, 6) is 4.80. The first-order chi connectivity index (χ1) is 29.8. The molecule has 10 aliphatic rings. The van der Waals surface area contributed by atoms with Gasteiger partial charge in [0, 0.05) is 11.8 Å². The summed E-state index contributed by atoms with van der Waals surface area (Å²) in [6.45, 7) is 44.9. The van der Waals surface area contributed by atoms with Gasteiger partial charge in [-0.3, -0.25) is 4.79 Å². The van der Waals surface area contributed by atoms with Crippen LogP contribution in [0, 0.1) is 100 Å². The summed E-state index contributed by atoms with van der Waals surface area (Å²) in [6, 6.07) is 0. The summed E-state index contributed by atoms with van der Waals surface area (Å²) >= 11 is 0. The largest absolute Gasteiger partial charge is 0.393 e. The van der Waals surface area contributed by atoms with Crippen molar-refractivity contribution in [2.45, 2.75) is 245 Å². The summed E-state index contributed by atoms with van der Waals surface area (Å²) in [5.41, 5.74) is 7.84. The lowest BCUT2D eigenvalue weighted by Crippen LogP contribution is -2.64. The fourth-order valence-electron chi connectivity index (χ4n) is 20.8. The topological polar surface area (TPSA) is 37.3 Å². The van der Waals surface area contributed by atoms with Crippen LogP contribution in [0.1, 0.15) is 239 Å². The number of hydrogen-bond acceptors (Lipinski definition) is 2. The molecule has 8 fully saturated rings. The molecule has 8 saturated carbocycles. The van der Waals surface area contributed by atoms with Gasteiger partial charge in [0.25, 0.3) is 0 Å². The van der Waals surface area contributed by atoms with Gasteiger partial charge in [-0.2, -0.15) is 0 Å². The lowest BCUT2D eigenvalue weighted by Gasteiger charge is -2.71. The van der Waals surface area contributed by atoms with Crippen molar-refractivity contribution in [2.24, 2.45) is 100 Å². The number of hydrogen-bond donors (Lipinski definition) is 1. The quantitative estimate of drug-likeness (QED) is 0.194. The van der Waals surface area contributed by atoms with E-state index in [0.29, 0.717) is 71.8 Å². The van der Waals surface area contributed by atoms with E-state index in [1.54, 1.807) is 0 Å². The normalized spacial score (nSPS) is 51.8. The van der Waals surface area contributed by atoms with Gasteiger partial charge < -0.3 is 5.11 Å². The Hall–Kier alpha value is -0.460. The molecule has 2 nitrogen and oxygen atoms in total.